The van der Waals surface area contributed by atoms with Crippen LogP contribution >= 0.6 is 15.9 Å². The zero-order chi connectivity index (χ0) is 16.8. The zero-order valence-electron chi connectivity index (χ0n) is 13.5. The number of nitrogens with one attached hydrogen (secondary N) is 1. The van der Waals surface area contributed by atoms with Crippen molar-refractivity contribution in [3.05, 3.63) is 57.6 Å². The SMILES string of the molecule is COc1cc(C)c(CCNC(=O)c2cccc(Br)c2)cc1OC. The van der Waals surface area contributed by atoms with Gasteiger partial charge in [-0.15, -0.1) is 0 Å². The van der Waals surface area contributed by atoms with E-state index in [-0.39, 0.29) is 5.91 Å². The van der Waals surface area contributed by atoms with E-state index < -0.39 is 0 Å². The van der Waals surface area contributed by atoms with Gasteiger partial charge in [-0.1, -0.05) is 22.0 Å². The Kier molecular flexibility index (Phi) is 6.04. The Labute approximate surface area is 144 Å². The highest BCUT2D eigenvalue weighted by Crippen LogP contribution is 2.30. The molecule has 0 bridgehead atoms. The first-order chi connectivity index (χ1) is 11.0. The molecule has 0 atom stereocenters. The summed E-state index contributed by atoms with van der Waals surface area (Å²) in [5.74, 6) is 1.34. The molecule has 0 aromatic heterocycles. The fourth-order valence-electron chi connectivity index (χ4n) is 2.33. The molecule has 0 fully saturated rings. The van der Waals surface area contributed by atoms with Crippen LogP contribution in [-0.4, -0.2) is 26.7 Å². The molecule has 5 heteroatoms. The van der Waals surface area contributed by atoms with Gasteiger partial charge in [-0.25, -0.2) is 0 Å². The molecule has 23 heavy (non-hydrogen) atoms. The van der Waals surface area contributed by atoms with Crippen molar-refractivity contribution in [2.45, 2.75) is 13.3 Å². The highest BCUT2D eigenvalue weighted by atomic mass is 79.9. The van der Waals surface area contributed by atoms with E-state index in [0.29, 0.717) is 23.6 Å². The molecular weight excluding hydrogens is 358 g/mol. The predicted octanol–water partition coefficient (Wildman–Crippen LogP) is 3.75. The second-order valence-electron chi connectivity index (χ2n) is 5.15. The van der Waals surface area contributed by atoms with Gasteiger partial charge in [0.25, 0.3) is 5.91 Å². The first kappa shape index (κ1) is 17.3. The Bertz CT molecular complexity index is 701. The van der Waals surface area contributed by atoms with Crippen LogP contribution in [0.2, 0.25) is 0 Å². The van der Waals surface area contributed by atoms with Gasteiger partial charge in [-0.2, -0.15) is 0 Å². The molecule has 0 unspecified atom stereocenters. The average molecular weight is 378 g/mol. The summed E-state index contributed by atoms with van der Waals surface area (Å²) >= 11 is 3.37. The minimum absolute atomic E-state index is 0.0792. The third-order valence-electron chi connectivity index (χ3n) is 3.61. The molecule has 0 aliphatic carbocycles. The van der Waals surface area contributed by atoms with Crippen LogP contribution in [0.4, 0.5) is 0 Å². The van der Waals surface area contributed by atoms with E-state index in [9.17, 15) is 4.79 Å². The first-order valence-corrected chi connectivity index (χ1v) is 8.09. The molecule has 1 amide bonds. The van der Waals surface area contributed by atoms with Crippen molar-refractivity contribution in [2.75, 3.05) is 20.8 Å². The van der Waals surface area contributed by atoms with E-state index in [4.69, 9.17) is 9.47 Å². The third kappa shape index (κ3) is 4.48. The summed E-state index contributed by atoms with van der Waals surface area (Å²) in [5.41, 5.74) is 2.87. The Morgan fingerprint density at radius 1 is 1.13 bits per heavy atom. The summed E-state index contributed by atoms with van der Waals surface area (Å²) in [7, 11) is 3.24. The number of hydrogen-bond donors (Lipinski definition) is 1. The standard InChI is InChI=1S/C18H20BrNO3/c1-12-9-16(22-2)17(23-3)11-13(12)7-8-20-18(21)14-5-4-6-15(19)10-14/h4-6,9-11H,7-8H2,1-3H3,(H,20,21). The number of aryl methyl sites for hydroxylation is 1. The molecule has 2 aromatic carbocycles. The molecule has 4 nitrogen and oxygen atoms in total. The normalized spacial score (nSPS) is 10.3. The second kappa shape index (κ2) is 8.02. The van der Waals surface area contributed by atoms with Gasteiger partial charge in [0.1, 0.15) is 0 Å². The molecule has 1 N–H and O–H groups in total. The maximum Gasteiger partial charge on any atom is 0.251 e. The van der Waals surface area contributed by atoms with Gasteiger partial charge < -0.3 is 14.8 Å². The number of methoxy groups -OCH3 is 2. The Hall–Kier alpha value is -2.01. The number of carbonyl (C=O) groups is 1. The van der Waals surface area contributed by atoms with Crippen molar-refractivity contribution in [3.63, 3.8) is 0 Å². The van der Waals surface area contributed by atoms with Crippen LogP contribution in [0.25, 0.3) is 0 Å². The monoisotopic (exact) mass is 377 g/mol. The molecule has 0 aliphatic heterocycles. The lowest BCUT2D eigenvalue weighted by Gasteiger charge is -2.13. The number of halogens is 1. The van der Waals surface area contributed by atoms with Crippen LogP contribution in [0.15, 0.2) is 40.9 Å². The molecule has 0 spiro atoms. The van der Waals surface area contributed by atoms with Crippen LogP contribution in [0.3, 0.4) is 0 Å². The molecule has 2 rings (SSSR count). The van der Waals surface area contributed by atoms with Gasteiger partial charge in [0.15, 0.2) is 11.5 Å². The summed E-state index contributed by atoms with van der Waals surface area (Å²) in [6.45, 7) is 2.58. The van der Waals surface area contributed by atoms with Gasteiger partial charge in [0.2, 0.25) is 0 Å². The number of benzene rings is 2. The maximum absolute atomic E-state index is 12.1. The highest BCUT2D eigenvalue weighted by Gasteiger charge is 2.10. The molecule has 0 aliphatic rings. The molecular formula is C18H20BrNO3. The van der Waals surface area contributed by atoms with Crippen LogP contribution in [0.5, 0.6) is 11.5 Å². The minimum Gasteiger partial charge on any atom is -0.493 e. The van der Waals surface area contributed by atoms with Crippen molar-refractivity contribution in [2.24, 2.45) is 0 Å². The quantitative estimate of drug-likeness (QED) is 0.833. The number of carbonyl (C=O) groups excluding carboxylic acids is 1. The van der Waals surface area contributed by atoms with E-state index >= 15 is 0 Å². The average Bonchev–Trinajstić information content (AvgIpc) is 2.55. The highest BCUT2D eigenvalue weighted by molar-refractivity contribution is 9.10. The van der Waals surface area contributed by atoms with Gasteiger partial charge in [0.05, 0.1) is 14.2 Å². The van der Waals surface area contributed by atoms with Gasteiger partial charge in [-0.3, -0.25) is 4.79 Å². The number of rotatable bonds is 6. The number of ether oxygens (including phenoxy) is 2. The summed E-state index contributed by atoms with van der Waals surface area (Å²) in [6, 6.07) is 11.2. The first-order valence-electron chi connectivity index (χ1n) is 7.30. The molecule has 0 radical (unpaired) electrons. The van der Waals surface area contributed by atoms with E-state index in [1.54, 1.807) is 26.4 Å². The van der Waals surface area contributed by atoms with Crippen molar-refractivity contribution >= 4 is 21.8 Å². The fourth-order valence-corrected chi connectivity index (χ4v) is 2.73. The Balaban J connectivity index is 2.00. The van der Waals surface area contributed by atoms with Crippen molar-refractivity contribution in [3.8, 4) is 11.5 Å². The maximum atomic E-state index is 12.1. The third-order valence-corrected chi connectivity index (χ3v) is 4.10. The number of hydrogen-bond acceptors (Lipinski definition) is 3. The zero-order valence-corrected chi connectivity index (χ0v) is 15.1. The number of amides is 1. The lowest BCUT2D eigenvalue weighted by molar-refractivity contribution is 0.0954. The van der Waals surface area contributed by atoms with Crippen LogP contribution in [0, 0.1) is 6.92 Å². The summed E-state index contributed by atoms with van der Waals surface area (Å²) in [5, 5.41) is 2.94. The van der Waals surface area contributed by atoms with Crippen LogP contribution < -0.4 is 14.8 Å². The Morgan fingerprint density at radius 3 is 2.48 bits per heavy atom. The minimum atomic E-state index is -0.0792. The topological polar surface area (TPSA) is 47.6 Å². The summed E-state index contributed by atoms with van der Waals surface area (Å²) < 4.78 is 11.5. The van der Waals surface area contributed by atoms with E-state index in [0.717, 1.165) is 22.0 Å². The fraction of sp³-hybridized carbons (Fsp3) is 0.278. The molecule has 0 heterocycles. The van der Waals surface area contributed by atoms with Crippen LogP contribution in [0.1, 0.15) is 21.5 Å². The van der Waals surface area contributed by atoms with Gasteiger partial charge >= 0.3 is 0 Å². The van der Waals surface area contributed by atoms with Crippen molar-refractivity contribution < 1.29 is 14.3 Å². The van der Waals surface area contributed by atoms with Gasteiger partial charge in [0, 0.05) is 16.6 Å². The largest absolute Gasteiger partial charge is 0.493 e. The predicted molar refractivity (Wildman–Crippen MR) is 94.5 cm³/mol. The van der Waals surface area contributed by atoms with E-state index in [1.165, 1.54) is 0 Å². The smallest absolute Gasteiger partial charge is 0.251 e. The molecule has 122 valence electrons. The second-order valence-corrected chi connectivity index (χ2v) is 6.07. The lowest BCUT2D eigenvalue weighted by Crippen LogP contribution is -2.25. The Morgan fingerprint density at radius 2 is 1.83 bits per heavy atom. The molecule has 2 aromatic rings. The summed E-state index contributed by atoms with van der Waals surface area (Å²) in [4.78, 5) is 12.1. The lowest BCUT2D eigenvalue weighted by atomic mass is 10.0. The van der Waals surface area contributed by atoms with Crippen LogP contribution in [-0.2, 0) is 6.42 Å². The van der Waals surface area contributed by atoms with Crippen molar-refractivity contribution in [1.82, 2.24) is 5.32 Å². The summed E-state index contributed by atoms with van der Waals surface area (Å²) in [6.07, 6.45) is 0.728. The molecule has 0 saturated heterocycles. The molecule has 0 saturated carbocycles. The van der Waals surface area contributed by atoms with E-state index in [2.05, 4.69) is 21.2 Å². The van der Waals surface area contributed by atoms with Crippen molar-refractivity contribution in [1.29, 1.82) is 0 Å². The van der Waals surface area contributed by atoms with Gasteiger partial charge in [-0.05, 0) is 54.8 Å². The van der Waals surface area contributed by atoms with E-state index in [1.807, 2.05) is 31.2 Å².